The highest BCUT2D eigenvalue weighted by Crippen LogP contribution is 2.29. The average molecular weight is 240 g/mol. The smallest absolute Gasteiger partial charge is 0.156 e. The summed E-state index contributed by atoms with van der Waals surface area (Å²) in [4.78, 5) is 4.71. The standard InChI is InChI=1S/C13H24N2S/c1-10(2)12-7-9-16-13(15-12)14-8-6-11-4-3-5-11/h10-12H,3-9H2,1-2H3,(H,14,15). The Balaban J connectivity index is 1.72. The van der Waals surface area contributed by atoms with E-state index in [-0.39, 0.29) is 0 Å². The third-order valence-electron chi connectivity index (χ3n) is 3.80. The minimum absolute atomic E-state index is 0.642. The van der Waals surface area contributed by atoms with Crippen LogP contribution in [0.2, 0.25) is 0 Å². The van der Waals surface area contributed by atoms with Crippen molar-refractivity contribution in [2.75, 3.05) is 12.3 Å². The van der Waals surface area contributed by atoms with Gasteiger partial charge in [0.05, 0.1) is 0 Å². The Bertz CT molecular complexity index is 246. The zero-order chi connectivity index (χ0) is 11.4. The van der Waals surface area contributed by atoms with Gasteiger partial charge in [0, 0.05) is 18.3 Å². The number of hydrogen-bond donors (Lipinski definition) is 1. The zero-order valence-electron chi connectivity index (χ0n) is 10.5. The fraction of sp³-hybridized carbons (Fsp3) is 0.923. The van der Waals surface area contributed by atoms with E-state index >= 15 is 0 Å². The van der Waals surface area contributed by atoms with Gasteiger partial charge in [0.25, 0.3) is 0 Å². The van der Waals surface area contributed by atoms with Crippen molar-refractivity contribution in [3.05, 3.63) is 0 Å². The average Bonchev–Trinajstić information content (AvgIpc) is 2.22. The van der Waals surface area contributed by atoms with Crippen LogP contribution in [0.15, 0.2) is 4.99 Å². The van der Waals surface area contributed by atoms with Crippen molar-refractivity contribution in [1.29, 1.82) is 0 Å². The molecule has 1 aliphatic heterocycles. The SMILES string of the molecule is CC(C)C1CCSC(=NCCC2CCC2)N1. The molecule has 1 saturated carbocycles. The van der Waals surface area contributed by atoms with E-state index in [2.05, 4.69) is 19.2 Å². The molecule has 1 unspecified atom stereocenters. The Hall–Kier alpha value is -0.180. The highest BCUT2D eigenvalue weighted by molar-refractivity contribution is 8.13. The second kappa shape index (κ2) is 5.95. The molecule has 0 bridgehead atoms. The Morgan fingerprint density at radius 3 is 2.81 bits per heavy atom. The minimum atomic E-state index is 0.642. The van der Waals surface area contributed by atoms with Gasteiger partial charge in [-0.25, -0.2) is 0 Å². The first-order chi connectivity index (χ1) is 7.75. The van der Waals surface area contributed by atoms with Crippen LogP contribution in [0, 0.1) is 11.8 Å². The summed E-state index contributed by atoms with van der Waals surface area (Å²) in [6.07, 6.45) is 6.92. The molecule has 0 radical (unpaired) electrons. The van der Waals surface area contributed by atoms with Crippen molar-refractivity contribution in [2.45, 2.75) is 52.0 Å². The number of amidine groups is 1. The van der Waals surface area contributed by atoms with Crippen molar-refractivity contribution in [2.24, 2.45) is 16.8 Å². The van der Waals surface area contributed by atoms with Crippen LogP contribution in [0.25, 0.3) is 0 Å². The molecular formula is C13H24N2S. The molecule has 1 atom stereocenters. The number of aliphatic imine (C=N–C) groups is 1. The summed E-state index contributed by atoms with van der Waals surface area (Å²) < 4.78 is 0. The molecule has 0 aromatic heterocycles. The molecule has 1 N–H and O–H groups in total. The van der Waals surface area contributed by atoms with Gasteiger partial charge < -0.3 is 5.32 Å². The van der Waals surface area contributed by atoms with E-state index in [9.17, 15) is 0 Å². The monoisotopic (exact) mass is 240 g/mol. The Kier molecular flexibility index (Phi) is 4.56. The van der Waals surface area contributed by atoms with Crippen LogP contribution in [-0.2, 0) is 0 Å². The summed E-state index contributed by atoms with van der Waals surface area (Å²) in [5.41, 5.74) is 0. The predicted molar refractivity (Wildman–Crippen MR) is 73.1 cm³/mol. The van der Waals surface area contributed by atoms with E-state index in [1.165, 1.54) is 43.0 Å². The molecule has 2 aliphatic rings. The summed E-state index contributed by atoms with van der Waals surface area (Å²) in [6.45, 7) is 5.62. The first-order valence-electron chi connectivity index (χ1n) is 6.69. The van der Waals surface area contributed by atoms with Crippen molar-refractivity contribution < 1.29 is 0 Å². The van der Waals surface area contributed by atoms with E-state index in [1.807, 2.05) is 11.8 Å². The number of nitrogens with zero attached hydrogens (tertiary/aromatic N) is 1. The summed E-state index contributed by atoms with van der Waals surface area (Å²) in [5, 5.41) is 4.77. The normalized spacial score (nSPS) is 29.2. The van der Waals surface area contributed by atoms with Crippen molar-refractivity contribution in [1.82, 2.24) is 5.32 Å². The molecule has 0 aromatic rings. The fourth-order valence-corrected chi connectivity index (χ4v) is 3.26. The van der Waals surface area contributed by atoms with Crippen LogP contribution in [0.1, 0.15) is 46.0 Å². The molecule has 16 heavy (non-hydrogen) atoms. The van der Waals surface area contributed by atoms with Crippen LogP contribution in [0.4, 0.5) is 0 Å². The quantitative estimate of drug-likeness (QED) is 0.815. The highest BCUT2D eigenvalue weighted by Gasteiger charge is 2.20. The van der Waals surface area contributed by atoms with Crippen LogP contribution in [-0.4, -0.2) is 23.5 Å². The lowest BCUT2D eigenvalue weighted by Crippen LogP contribution is -2.41. The van der Waals surface area contributed by atoms with Crippen LogP contribution < -0.4 is 5.32 Å². The molecule has 2 rings (SSSR count). The summed E-state index contributed by atoms with van der Waals surface area (Å²) in [7, 11) is 0. The van der Waals surface area contributed by atoms with Crippen LogP contribution in [0.5, 0.6) is 0 Å². The summed E-state index contributed by atoms with van der Waals surface area (Å²) >= 11 is 1.90. The number of hydrogen-bond acceptors (Lipinski definition) is 2. The molecule has 2 nitrogen and oxygen atoms in total. The third kappa shape index (κ3) is 3.41. The van der Waals surface area contributed by atoms with Gasteiger partial charge in [0.2, 0.25) is 0 Å². The van der Waals surface area contributed by atoms with Crippen molar-refractivity contribution in [3.8, 4) is 0 Å². The van der Waals surface area contributed by atoms with E-state index in [0.29, 0.717) is 6.04 Å². The topological polar surface area (TPSA) is 24.4 Å². The van der Waals surface area contributed by atoms with E-state index in [1.54, 1.807) is 0 Å². The van der Waals surface area contributed by atoms with Gasteiger partial charge in [0.1, 0.15) is 0 Å². The van der Waals surface area contributed by atoms with Crippen LogP contribution in [0.3, 0.4) is 0 Å². The molecule has 0 spiro atoms. The van der Waals surface area contributed by atoms with E-state index in [4.69, 9.17) is 4.99 Å². The van der Waals surface area contributed by atoms with E-state index in [0.717, 1.165) is 18.4 Å². The fourth-order valence-electron chi connectivity index (χ4n) is 2.28. The molecule has 2 fully saturated rings. The third-order valence-corrected chi connectivity index (χ3v) is 4.76. The van der Waals surface area contributed by atoms with Gasteiger partial charge >= 0.3 is 0 Å². The van der Waals surface area contributed by atoms with Crippen molar-refractivity contribution in [3.63, 3.8) is 0 Å². The maximum Gasteiger partial charge on any atom is 0.156 e. The maximum atomic E-state index is 4.71. The Morgan fingerprint density at radius 1 is 1.38 bits per heavy atom. The molecule has 92 valence electrons. The van der Waals surface area contributed by atoms with Crippen LogP contribution >= 0.6 is 11.8 Å². The lowest BCUT2D eigenvalue weighted by atomic mass is 9.83. The molecule has 0 amide bonds. The van der Waals surface area contributed by atoms with Crippen molar-refractivity contribution >= 4 is 16.9 Å². The molecule has 0 aromatic carbocycles. The molecule has 1 aliphatic carbocycles. The highest BCUT2D eigenvalue weighted by atomic mass is 32.2. The first kappa shape index (κ1) is 12.3. The second-order valence-corrected chi connectivity index (χ2v) is 6.49. The maximum absolute atomic E-state index is 4.71. The molecule has 1 saturated heterocycles. The largest absolute Gasteiger partial charge is 0.362 e. The zero-order valence-corrected chi connectivity index (χ0v) is 11.4. The molecule has 1 heterocycles. The van der Waals surface area contributed by atoms with Gasteiger partial charge in [-0.3, -0.25) is 4.99 Å². The van der Waals surface area contributed by atoms with Gasteiger partial charge in [-0.15, -0.1) is 0 Å². The number of nitrogens with one attached hydrogen (secondary N) is 1. The van der Waals surface area contributed by atoms with Gasteiger partial charge in [-0.05, 0) is 24.7 Å². The number of thioether (sulfide) groups is 1. The lowest BCUT2D eigenvalue weighted by Gasteiger charge is -2.29. The number of rotatable bonds is 4. The lowest BCUT2D eigenvalue weighted by molar-refractivity contribution is 0.300. The minimum Gasteiger partial charge on any atom is -0.362 e. The summed E-state index contributed by atoms with van der Waals surface area (Å²) in [6, 6.07) is 0.642. The summed E-state index contributed by atoms with van der Waals surface area (Å²) in [5.74, 6) is 2.94. The molecule has 3 heteroatoms. The Morgan fingerprint density at radius 2 is 2.19 bits per heavy atom. The van der Waals surface area contributed by atoms with E-state index < -0.39 is 0 Å². The van der Waals surface area contributed by atoms with Gasteiger partial charge in [-0.2, -0.15) is 0 Å². The van der Waals surface area contributed by atoms with Gasteiger partial charge in [0.15, 0.2) is 5.17 Å². The molecular weight excluding hydrogens is 216 g/mol. The predicted octanol–water partition coefficient (Wildman–Crippen LogP) is 3.28. The Labute approximate surface area is 104 Å². The second-order valence-electron chi connectivity index (χ2n) is 5.40. The van der Waals surface area contributed by atoms with Gasteiger partial charge in [-0.1, -0.05) is 44.9 Å². The first-order valence-corrected chi connectivity index (χ1v) is 7.68.